The van der Waals surface area contributed by atoms with E-state index in [0.717, 1.165) is 5.75 Å². The average Bonchev–Trinajstić information content (AvgIpc) is 2.47. The zero-order chi connectivity index (χ0) is 14.5. The summed E-state index contributed by atoms with van der Waals surface area (Å²) in [7, 11) is 1.97. The van der Waals surface area contributed by atoms with Gasteiger partial charge in [0, 0.05) is 6.04 Å². The van der Waals surface area contributed by atoms with E-state index in [0.29, 0.717) is 12.6 Å². The summed E-state index contributed by atoms with van der Waals surface area (Å²) in [6.45, 7) is 6.99. The third-order valence-corrected chi connectivity index (χ3v) is 3.69. The molecule has 1 N–H and O–H groups in total. The van der Waals surface area contributed by atoms with E-state index in [1.807, 2.05) is 19.2 Å². The van der Waals surface area contributed by atoms with Gasteiger partial charge in [-0.2, -0.15) is 0 Å². The lowest BCUT2D eigenvalue weighted by molar-refractivity contribution is 0.305. The van der Waals surface area contributed by atoms with E-state index in [2.05, 4.69) is 56.4 Å². The number of nitrogens with one attached hydrogen (secondary N) is 1. The Kier molecular flexibility index (Phi) is 4.80. The van der Waals surface area contributed by atoms with Crippen molar-refractivity contribution in [3.8, 4) is 5.75 Å². The van der Waals surface area contributed by atoms with E-state index in [9.17, 15) is 0 Å². The van der Waals surface area contributed by atoms with Crippen molar-refractivity contribution in [1.29, 1.82) is 0 Å². The first-order chi connectivity index (χ1) is 9.60. The van der Waals surface area contributed by atoms with Gasteiger partial charge < -0.3 is 10.1 Å². The second kappa shape index (κ2) is 6.58. The van der Waals surface area contributed by atoms with Crippen molar-refractivity contribution in [2.75, 3.05) is 7.05 Å². The fourth-order valence-corrected chi connectivity index (χ4v) is 2.16. The Morgan fingerprint density at radius 3 is 2.65 bits per heavy atom. The Labute approximate surface area is 121 Å². The van der Waals surface area contributed by atoms with Gasteiger partial charge in [0.05, 0.1) is 0 Å². The summed E-state index contributed by atoms with van der Waals surface area (Å²) in [5.41, 5.74) is 5.03. The number of benzene rings is 2. The highest BCUT2D eigenvalue weighted by Crippen LogP contribution is 2.20. The van der Waals surface area contributed by atoms with Gasteiger partial charge in [-0.25, -0.2) is 0 Å². The highest BCUT2D eigenvalue weighted by molar-refractivity contribution is 5.33. The molecule has 2 nitrogen and oxygen atoms in total. The van der Waals surface area contributed by atoms with E-state index in [-0.39, 0.29) is 0 Å². The van der Waals surface area contributed by atoms with Crippen molar-refractivity contribution in [2.45, 2.75) is 33.4 Å². The molecule has 106 valence electrons. The molecule has 2 rings (SSSR count). The van der Waals surface area contributed by atoms with Gasteiger partial charge in [-0.05, 0) is 56.6 Å². The van der Waals surface area contributed by atoms with Crippen LogP contribution in [0.25, 0.3) is 0 Å². The maximum absolute atomic E-state index is 5.94. The van der Waals surface area contributed by atoms with Gasteiger partial charge in [-0.15, -0.1) is 0 Å². The van der Waals surface area contributed by atoms with E-state index in [1.54, 1.807) is 0 Å². The van der Waals surface area contributed by atoms with Crippen LogP contribution in [-0.2, 0) is 6.61 Å². The van der Waals surface area contributed by atoms with Crippen molar-refractivity contribution in [3.63, 3.8) is 0 Å². The minimum atomic E-state index is 0.333. The topological polar surface area (TPSA) is 21.3 Å². The molecule has 0 radical (unpaired) electrons. The summed E-state index contributed by atoms with van der Waals surface area (Å²) < 4.78 is 5.94. The molecule has 0 aliphatic carbocycles. The van der Waals surface area contributed by atoms with Gasteiger partial charge in [-0.3, -0.25) is 0 Å². The van der Waals surface area contributed by atoms with E-state index >= 15 is 0 Å². The molecule has 0 aliphatic heterocycles. The van der Waals surface area contributed by atoms with E-state index < -0.39 is 0 Å². The van der Waals surface area contributed by atoms with Crippen molar-refractivity contribution in [3.05, 3.63) is 64.7 Å². The normalized spacial score (nSPS) is 12.2. The molecule has 0 saturated carbocycles. The lowest BCUT2D eigenvalue weighted by atomic mass is 10.1. The lowest BCUT2D eigenvalue weighted by Crippen LogP contribution is -2.12. The van der Waals surface area contributed by atoms with Gasteiger partial charge in [0.1, 0.15) is 12.4 Å². The Hall–Kier alpha value is -1.80. The second-order valence-electron chi connectivity index (χ2n) is 5.30. The summed E-state index contributed by atoms with van der Waals surface area (Å²) in [6, 6.07) is 15.1. The quantitative estimate of drug-likeness (QED) is 0.880. The van der Waals surface area contributed by atoms with Crippen molar-refractivity contribution < 1.29 is 4.74 Å². The van der Waals surface area contributed by atoms with Crippen LogP contribution in [-0.4, -0.2) is 7.05 Å². The Balaban J connectivity index is 2.09. The molecule has 1 unspecified atom stereocenters. The third-order valence-electron chi connectivity index (χ3n) is 3.69. The maximum atomic E-state index is 5.94. The average molecular weight is 269 g/mol. The second-order valence-corrected chi connectivity index (χ2v) is 5.30. The first-order valence-corrected chi connectivity index (χ1v) is 7.06. The van der Waals surface area contributed by atoms with Crippen LogP contribution < -0.4 is 10.1 Å². The fraction of sp³-hybridized carbons (Fsp3) is 0.333. The number of ether oxygens (including phenoxy) is 1. The molecule has 20 heavy (non-hydrogen) atoms. The molecule has 0 fully saturated rings. The Morgan fingerprint density at radius 1 is 1.10 bits per heavy atom. The van der Waals surface area contributed by atoms with E-state index in [4.69, 9.17) is 4.74 Å². The lowest BCUT2D eigenvalue weighted by Gasteiger charge is -2.13. The molecule has 2 aromatic carbocycles. The van der Waals surface area contributed by atoms with Gasteiger partial charge in [-0.1, -0.05) is 35.9 Å². The first kappa shape index (κ1) is 14.6. The zero-order valence-corrected chi connectivity index (χ0v) is 12.7. The van der Waals surface area contributed by atoms with Gasteiger partial charge in [0.25, 0.3) is 0 Å². The smallest absolute Gasteiger partial charge is 0.120 e. The van der Waals surface area contributed by atoms with Crippen molar-refractivity contribution in [2.24, 2.45) is 0 Å². The number of hydrogen-bond donors (Lipinski definition) is 1. The summed E-state index contributed by atoms with van der Waals surface area (Å²) >= 11 is 0. The monoisotopic (exact) mass is 269 g/mol. The molecule has 0 amide bonds. The zero-order valence-electron chi connectivity index (χ0n) is 12.7. The Bertz CT molecular complexity index is 577. The molecular formula is C18H23NO. The predicted molar refractivity (Wildman–Crippen MR) is 84.2 cm³/mol. The first-order valence-electron chi connectivity index (χ1n) is 7.06. The van der Waals surface area contributed by atoms with Gasteiger partial charge in [0.15, 0.2) is 0 Å². The van der Waals surface area contributed by atoms with Crippen LogP contribution in [0.3, 0.4) is 0 Å². The van der Waals surface area contributed by atoms with Crippen LogP contribution in [0.4, 0.5) is 0 Å². The molecule has 2 aromatic rings. The summed E-state index contributed by atoms with van der Waals surface area (Å²) in [6.07, 6.45) is 0. The van der Waals surface area contributed by atoms with E-state index in [1.165, 1.54) is 22.3 Å². The van der Waals surface area contributed by atoms with Gasteiger partial charge >= 0.3 is 0 Å². The Morgan fingerprint density at radius 2 is 1.90 bits per heavy atom. The molecule has 0 spiro atoms. The van der Waals surface area contributed by atoms with Crippen LogP contribution in [0, 0.1) is 13.8 Å². The van der Waals surface area contributed by atoms with Crippen LogP contribution >= 0.6 is 0 Å². The van der Waals surface area contributed by atoms with Crippen LogP contribution in [0.5, 0.6) is 5.75 Å². The minimum absolute atomic E-state index is 0.333. The molecule has 0 aliphatic rings. The largest absolute Gasteiger partial charge is 0.489 e. The highest BCUT2D eigenvalue weighted by Gasteiger charge is 2.05. The van der Waals surface area contributed by atoms with Crippen LogP contribution in [0.15, 0.2) is 42.5 Å². The maximum Gasteiger partial charge on any atom is 0.120 e. The third kappa shape index (κ3) is 3.61. The molecule has 2 heteroatoms. The number of rotatable bonds is 5. The standard InChI is InChI=1S/C18H23NO/c1-13-8-9-14(2)17(10-13)12-20-18-7-5-6-16(11-18)15(3)19-4/h5-11,15,19H,12H2,1-4H3. The molecule has 0 aromatic heterocycles. The molecular weight excluding hydrogens is 246 g/mol. The summed E-state index contributed by atoms with van der Waals surface area (Å²) in [5.74, 6) is 0.922. The van der Waals surface area contributed by atoms with Crippen molar-refractivity contribution >= 4 is 0 Å². The molecule has 1 atom stereocenters. The van der Waals surface area contributed by atoms with Crippen LogP contribution in [0.2, 0.25) is 0 Å². The number of hydrogen-bond acceptors (Lipinski definition) is 2. The number of aryl methyl sites for hydroxylation is 2. The van der Waals surface area contributed by atoms with Gasteiger partial charge in [0.2, 0.25) is 0 Å². The molecule has 0 saturated heterocycles. The molecule has 0 heterocycles. The van der Waals surface area contributed by atoms with Crippen LogP contribution in [0.1, 0.15) is 35.2 Å². The minimum Gasteiger partial charge on any atom is -0.489 e. The highest BCUT2D eigenvalue weighted by atomic mass is 16.5. The fourth-order valence-electron chi connectivity index (χ4n) is 2.16. The predicted octanol–water partition coefficient (Wildman–Crippen LogP) is 4.16. The SMILES string of the molecule is CNC(C)c1cccc(OCc2cc(C)ccc2C)c1. The summed E-state index contributed by atoms with van der Waals surface area (Å²) in [4.78, 5) is 0. The molecule has 0 bridgehead atoms. The summed E-state index contributed by atoms with van der Waals surface area (Å²) in [5, 5.41) is 3.24. The van der Waals surface area contributed by atoms with Crippen molar-refractivity contribution in [1.82, 2.24) is 5.32 Å².